The molecule has 0 aliphatic rings. The van der Waals surface area contributed by atoms with Gasteiger partial charge in [-0.15, -0.1) is 0 Å². The Morgan fingerprint density at radius 1 is 1.10 bits per heavy atom. The molecule has 3 rings (SSSR count). The van der Waals surface area contributed by atoms with E-state index in [-0.39, 0.29) is 6.04 Å². The maximum absolute atomic E-state index is 13.0. The second-order valence-corrected chi connectivity index (χ2v) is 4.47. The van der Waals surface area contributed by atoms with Crippen LogP contribution in [0.3, 0.4) is 0 Å². The van der Waals surface area contributed by atoms with Gasteiger partial charge in [0.2, 0.25) is 0 Å². The van der Waals surface area contributed by atoms with Crippen molar-refractivity contribution >= 4 is 11.0 Å². The van der Waals surface area contributed by atoms with Crippen molar-refractivity contribution in [3.05, 3.63) is 48.3 Å². The third kappa shape index (κ3) is 2.21. The first-order valence-corrected chi connectivity index (χ1v) is 6.14. The third-order valence-electron chi connectivity index (χ3n) is 2.89. The number of rotatable bonds is 2. The maximum Gasteiger partial charge on any atom is 0.141 e. The highest BCUT2D eigenvalue weighted by Gasteiger charge is 2.15. The van der Waals surface area contributed by atoms with E-state index in [4.69, 9.17) is 5.73 Å². The molecule has 6 heteroatoms. The fourth-order valence-corrected chi connectivity index (χ4v) is 1.94. The van der Waals surface area contributed by atoms with Crippen molar-refractivity contribution in [2.45, 2.75) is 13.0 Å². The minimum atomic E-state index is -0.397. The zero-order valence-corrected chi connectivity index (χ0v) is 10.8. The van der Waals surface area contributed by atoms with Crippen LogP contribution >= 0.6 is 0 Å². The second kappa shape index (κ2) is 4.90. The SMILES string of the molecule is C[C@H](N)c1nc2ccncc2nc1-c1ccc(F)cn1. The average molecular weight is 269 g/mol. The van der Waals surface area contributed by atoms with Gasteiger partial charge in [-0.25, -0.2) is 14.4 Å². The van der Waals surface area contributed by atoms with Crippen molar-refractivity contribution in [1.82, 2.24) is 19.9 Å². The van der Waals surface area contributed by atoms with E-state index in [1.54, 1.807) is 24.5 Å². The highest BCUT2D eigenvalue weighted by molar-refractivity contribution is 5.76. The molecule has 0 fully saturated rings. The van der Waals surface area contributed by atoms with Gasteiger partial charge in [-0.1, -0.05) is 0 Å². The topological polar surface area (TPSA) is 77.6 Å². The van der Waals surface area contributed by atoms with Gasteiger partial charge in [0.1, 0.15) is 17.0 Å². The molecule has 0 radical (unpaired) electrons. The Balaban J connectivity index is 2.26. The van der Waals surface area contributed by atoms with Crippen LogP contribution in [-0.4, -0.2) is 19.9 Å². The number of aromatic nitrogens is 4. The molecule has 0 amide bonds. The molecule has 100 valence electrons. The Hall–Kier alpha value is -2.47. The third-order valence-corrected chi connectivity index (χ3v) is 2.89. The van der Waals surface area contributed by atoms with Gasteiger partial charge in [-0.2, -0.15) is 0 Å². The summed E-state index contributed by atoms with van der Waals surface area (Å²) in [5, 5.41) is 0. The maximum atomic E-state index is 13.0. The van der Waals surface area contributed by atoms with Crippen LogP contribution in [0, 0.1) is 5.82 Å². The Bertz CT molecular complexity index is 755. The number of nitrogens with zero attached hydrogens (tertiary/aromatic N) is 4. The smallest absolute Gasteiger partial charge is 0.141 e. The molecule has 3 heterocycles. The van der Waals surface area contributed by atoms with Crippen LogP contribution < -0.4 is 5.73 Å². The molecule has 0 spiro atoms. The Morgan fingerprint density at radius 3 is 2.65 bits per heavy atom. The van der Waals surface area contributed by atoms with Crippen LogP contribution in [0.25, 0.3) is 22.4 Å². The van der Waals surface area contributed by atoms with E-state index in [9.17, 15) is 4.39 Å². The first-order chi connectivity index (χ1) is 9.65. The standard InChI is InChI=1S/C14H12FN5/c1-8(16)13-14(11-3-2-9(15)6-18-11)20-12-7-17-5-4-10(12)19-13/h2-8H,16H2,1H3/t8-/m0/s1. The summed E-state index contributed by atoms with van der Waals surface area (Å²) in [7, 11) is 0. The molecule has 0 aliphatic heterocycles. The van der Waals surface area contributed by atoms with Crippen molar-refractivity contribution in [1.29, 1.82) is 0 Å². The molecule has 0 bridgehead atoms. The monoisotopic (exact) mass is 269 g/mol. The van der Waals surface area contributed by atoms with Gasteiger partial charge in [0.25, 0.3) is 0 Å². The predicted molar refractivity (Wildman–Crippen MR) is 73.1 cm³/mol. The molecule has 5 nitrogen and oxygen atoms in total. The van der Waals surface area contributed by atoms with Crippen LogP contribution in [0.5, 0.6) is 0 Å². The molecule has 2 N–H and O–H groups in total. The predicted octanol–water partition coefficient (Wildman–Crippen LogP) is 2.25. The molecule has 3 aromatic rings. The van der Waals surface area contributed by atoms with Gasteiger partial charge in [0, 0.05) is 12.2 Å². The van der Waals surface area contributed by atoms with Crippen molar-refractivity contribution in [3.8, 4) is 11.4 Å². The fraction of sp³-hybridized carbons (Fsp3) is 0.143. The minimum Gasteiger partial charge on any atom is -0.323 e. The van der Waals surface area contributed by atoms with Crippen molar-refractivity contribution in [2.75, 3.05) is 0 Å². The number of halogens is 1. The highest BCUT2D eigenvalue weighted by Crippen LogP contribution is 2.24. The number of hydrogen-bond donors (Lipinski definition) is 1. The Labute approximate surface area is 114 Å². The first kappa shape index (κ1) is 12.6. The summed E-state index contributed by atoms with van der Waals surface area (Å²) in [5.74, 6) is -0.397. The fourth-order valence-electron chi connectivity index (χ4n) is 1.94. The van der Waals surface area contributed by atoms with E-state index < -0.39 is 5.82 Å². The Morgan fingerprint density at radius 2 is 1.95 bits per heavy atom. The van der Waals surface area contributed by atoms with Gasteiger partial charge in [-0.05, 0) is 25.1 Å². The van der Waals surface area contributed by atoms with Gasteiger partial charge in [-0.3, -0.25) is 9.97 Å². The summed E-state index contributed by atoms with van der Waals surface area (Å²) in [6.07, 6.45) is 4.42. The second-order valence-electron chi connectivity index (χ2n) is 4.47. The van der Waals surface area contributed by atoms with E-state index >= 15 is 0 Å². The number of fused-ring (bicyclic) bond motifs is 1. The summed E-state index contributed by atoms with van der Waals surface area (Å²) in [5.41, 5.74) is 9.05. The number of nitrogens with two attached hydrogens (primary N) is 1. The zero-order valence-electron chi connectivity index (χ0n) is 10.8. The lowest BCUT2D eigenvalue weighted by molar-refractivity contribution is 0.621. The van der Waals surface area contributed by atoms with Gasteiger partial charge < -0.3 is 5.73 Å². The molecule has 0 saturated heterocycles. The van der Waals surface area contributed by atoms with Crippen LogP contribution in [0.15, 0.2) is 36.8 Å². The quantitative estimate of drug-likeness (QED) is 0.772. The summed E-state index contributed by atoms with van der Waals surface area (Å²) < 4.78 is 13.0. The van der Waals surface area contributed by atoms with Crippen LogP contribution in [0.1, 0.15) is 18.7 Å². The van der Waals surface area contributed by atoms with Gasteiger partial charge in [0.05, 0.1) is 29.3 Å². The molecule has 20 heavy (non-hydrogen) atoms. The molecule has 0 aromatic carbocycles. The van der Waals surface area contributed by atoms with Crippen molar-refractivity contribution < 1.29 is 4.39 Å². The number of hydrogen-bond acceptors (Lipinski definition) is 5. The average Bonchev–Trinajstić information content (AvgIpc) is 2.46. The van der Waals surface area contributed by atoms with Gasteiger partial charge in [0.15, 0.2) is 0 Å². The van der Waals surface area contributed by atoms with E-state index in [0.717, 1.165) is 11.7 Å². The Kier molecular flexibility index (Phi) is 3.08. The molecule has 0 unspecified atom stereocenters. The normalized spacial score (nSPS) is 12.6. The first-order valence-electron chi connectivity index (χ1n) is 6.14. The van der Waals surface area contributed by atoms with E-state index in [0.29, 0.717) is 22.6 Å². The largest absolute Gasteiger partial charge is 0.323 e. The van der Waals surface area contributed by atoms with Crippen molar-refractivity contribution in [3.63, 3.8) is 0 Å². The molecule has 1 atom stereocenters. The summed E-state index contributed by atoms with van der Waals surface area (Å²) in [6, 6.07) is 4.37. The summed E-state index contributed by atoms with van der Waals surface area (Å²) in [4.78, 5) is 17.1. The van der Waals surface area contributed by atoms with E-state index in [1.807, 2.05) is 6.92 Å². The molecule has 0 aliphatic carbocycles. The lowest BCUT2D eigenvalue weighted by Crippen LogP contribution is -2.11. The lowest BCUT2D eigenvalue weighted by Gasteiger charge is -2.11. The summed E-state index contributed by atoms with van der Waals surface area (Å²) in [6.45, 7) is 1.82. The molecule has 3 aromatic heterocycles. The van der Waals surface area contributed by atoms with E-state index in [2.05, 4.69) is 19.9 Å². The van der Waals surface area contributed by atoms with Crippen LogP contribution in [-0.2, 0) is 0 Å². The van der Waals surface area contributed by atoms with Crippen LogP contribution in [0.2, 0.25) is 0 Å². The minimum absolute atomic E-state index is 0.304. The lowest BCUT2D eigenvalue weighted by atomic mass is 10.1. The number of pyridine rings is 2. The molecular formula is C14H12FN5. The molecular weight excluding hydrogens is 257 g/mol. The van der Waals surface area contributed by atoms with Crippen LogP contribution in [0.4, 0.5) is 4.39 Å². The van der Waals surface area contributed by atoms with Gasteiger partial charge >= 0.3 is 0 Å². The highest BCUT2D eigenvalue weighted by atomic mass is 19.1. The van der Waals surface area contributed by atoms with Crippen molar-refractivity contribution in [2.24, 2.45) is 5.73 Å². The summed E-state index contributed by atoms with van der Waals surface area (Å²) >= 11 is 0. The zero-order chi connectivity index (χ0) is 14.1. The van der Waals surface area contributed by atoms with E-state index in [1.165, 1.54) is 6.07 Å². The molecule has 0 saturated carbocycles.